The van der Waals surface area contributed by atoms with E-state index in [0.717, 1.165) is 11.1 Å². The Hall–Kier alpha value is -4.33. The quantitative estimate of drug-likeness (QED) is 0.249. The van der Waals surface area contributed by atoms with E-state index in [1.807, 2.05) is 60.7 Å². The highest BCUT2D eigenvalue weighted by atomic mass is 16.5. The minimum absolute atomic E-state index is 0.0452. The molecule has 2 amide bonds. The first kappa shape index (κ1) is 25.8. The van der Waals surface area contributed by atoms with Crippen LogP contribution in [0.1, 0.15) is 47.1 Å². The SMILES string of the molecule is O=C(CCc1c(O)c(CCC(=O)NCc2ccccc2)c2c(c1O)CCC(=O)O2)NCc1ccccc1. The van der Waals surface area contributed by atoms with E-state index in [-0.39, 0.29) is 78.7 Å². The number of aromatic hydroxyl groups is 2. The van der Waals surface area contributed by atoms with Gasteiger partial charge in [-0.3, -0.25) is 14.4 Å². The van der Waals surface area contributed by atoms with E-state index in [2.05, 4.69) is 10.6 Å². The number of hydrogen-bond acceptors (Lipinski definition) is 6. The second-order valence-electron chi connectivity index (χ2n) is 8.96. The maximum absolute atomic E-state index is 12.5. The third-order valence-electron chi connectivity index (χ3n) is 6.36. The molecule has 0 radical (unpaired) electrons. The lowest BCUT2D eigenvalue weighted by molar-refractivity contribution is -0.135. The number of ether oxygens (including phenoxy) is 1. The third-order valence-corrected chi connectivity index (χ3v) is 6.36. The molecule has 0 fully saturated rings. The lowest BCUT2D eigenvalue weighted by atomic mass is 9.91. The zero-order valence-electron chi connectivity index (χ0n) is 20.5. The summed E-state index contributed by atoms with van der Waals surface area (Å²) in [5, 5.41) is 27.6. The molecule has 8 nitrogen and oxygen atoms in total. The van der Waals surface area contributed by atoms with Crippen molar-refractivity contribution in [2.24, 2.45) is 0 Å². The van der Waals surface area contributed by atoms with E-state index in [1.54, 1.807) is 0 Å². The monoisotopic (exact) mass is 502 g/mol. The van der Waals surface area contributed by atoms with Crippen LogP contribution < -0.4 is 15.4 Å². The summed E-state index contributed by atoms with van der Waals surface area (Å²) < 4.78 is 5.38. The smallest absolute Gasteiger partial charge is 0.311 e. The predicted octanol–water partition coefficient (Wildman–Crippen LogP) is 3.45. The van der Waals surface area contributed by atoms with Crippen LogP contribution in [0.5, 0.6) is 17.2 Å². The number of carbonyl (C=O) groups excluding carboxylic acids is 3. The van der Waals surface area contributed by atoms with Crippen LogP contribution in [0.3, 0.4) is 0 Å². The van der Waals surface area contributed by atoms with Crippen LogP contribution in [0.2, 0.25) is 0 Å². The zero-order valence-corrected chi connectivity index (χ0v) is 20.5. The fraction of sp³-hybridized carbons (Fsp3) is 0.276. The number of esters is 1. The van der Waals surface area contributed by atoms with Crippen LogP contribution in [-0.4, -0.2) is 28.0 Å². The number of nitrogens with one attached hydrogen (secondary N) is 2. The molecule has 8 heteroatoms. The van der Waals surface area contributed by atoms with Gasteiger partial charge in [0.05, 0.1) is 6.42 Å². The zero-order chi connectivity index (χ0) is 26.2. The van der Waals surface area contributed by atoms with Gasteiger partial charge in [0, 0.05) is 42.6 Å². The highest BCUT2D eigenvalue weighted by molar-refractivity contribution is 5.81. The van der Waals surface area contributed by atoms with Gasteiger partial charge in [-0.05, 0) is 30.4 Å². The number of benzene rings is 3. The van der Waals surface area contributed by atoms with Gasteiger partial charge in [-0.1, -0.05) is 60.7 Å². The second-order valence-corrected chi connectivity index (χ2v) is 8.96. The number of phenolic OH excluding ortho intramolecular Hbond substituents is 2. The summed E-state index contributed by atoms with van der Waals surface area (Å²) in [5.41, 5.74) is 2.84. The summed E-state index contributed by atoms with van der Waals surface area (Å²) in [6.07, 6.45) is 0.637. The topological polar surface area (TPSA) is 125 Å². The summed E-state index contributed by atoms with van der Waals surface area (Å²) in [5.74, 6) is -1.23. The molecule has 0 bridgehead atoms. The summed E-state index contributed by atoms with van der Waals surface area (Å²) >= 11 is 0. The molecule has 3 aromatic carbocycles. The number of fused-ring (bicyclic) bond motifs is 1. The number of rotatable bonds is 10. The normalized spacial score (nSPS) is 12.4. The Bertz CT molecular complexity index is 1270. The van der Waals surface area contributed by atoms with E-state index in [1.165, 1.54) is 0 Å². The third kappa shape index (κ3) is 6.67. The van der Waals surface area contributed by atoms with Gasteiger partial charge in [0.25, 0.3) is 0 Å². The van der Waals surface area contributed by atoms with Gasteiger partial charge in [-0.15, -0.1) is 0 Å². The lowest BCUT2D eigenvalue weighted by Crippen LogP contribution is -2.24. The molecule has 3 aromatic rings. The van der Waals surface area contributed by atoms with E-state index in [9.17, 15) is 24.6 Å². The largest absolute Gasteiger partial charge is 0.507 e. The van der Waals surface area contributed by atoms with Crippen molar-refractivity contribution < 1.29 is 29.3 Å². The van der Waals surface area contributed by atoms with Crippen LogP contribution in [-0.2, 0) is 46.7 Å². The first-order valence-corrected chi connectivity index (χ1v) is 12.3. The summed E-state index contributed by atoms with van der Waals surface area (Å²) in [7, 11) is 0. The van der Waals surface area contributed by atoms with Gasteiger partial charge in [0.1, 0.15) is 17.2 Å². The van der Waals surface area contributed by atoms with Crippen molar-refractivity contribution in [3.8, 4) is 17.2 Å². The Morgan fingerprint density at radius 3 is 1.78 bits per heavy atom. The number of amides is 2. The Morgan fingerprint density at radius 2 is 1.24 bits per heavy atom. The minimum atomic E-state index is -0.464. The predicted molar refractivity (Wildman–Crippen MR) is 137 cm³/mol. The highest BCUT2D eigenvalue weighted by Crippen LogP contribution is 2.46. The summed E-state index contributed by atoms with van der Waals surface area (Å²) in [6.45, 7) is 0.749. The Balaban J connectivity index is 1.45. The molecule has 0 saturated carbocycles. The van der Waals surface area contributed by atoms with Gasteiger partial charge < -0.3 is 25.6 Å². The maximum atomic E-state index is 12.5. The number of phenols is 2. The molecule has 0 aromatic heterocycles. The molecule has 192 valence electrons. The Morgan fingerprint density at radius 1 is 0.730 bits per heavy atom. The molecule has 37 heavy (non-hydrogen) atoms. The molecule has 0 saturated heterocycles. The molecule has 0 spiro atoms. The van der Waals surface area contributed by atoms with Crippen molar-refractivity contribution in [3.63, 3.8) is 0 Å². The Labute approximate surface area is 215 Å². The van der Waals surface area contributed by atoms with Crippen molar-refractivity contribution in [2.45, 2.75) is 51.6 Å². The van der Waals surface area contributed by atoms with E-state index >= 15 is 0 Å². The van der Waals surface area contributed by atoms with Crippen molar-refractivity contribution >= 4 is 17.8 Å². The second kappa shape index (κ2) is 12.1. The molecular formula is C29H30N2O6. The lowest BCUT2D eigenvalue weighted by Gasteiger charge is -2.23. The van der Waals surface area contributed by atoms with E-state index in [0.29, 0.717) is 18.7 Å². The van der Waals surface area contributed by atoms with Gasteiger partial charge in [-0.2, -0.15) is 0 Å². The highest BCUT2D eigenvalue weighted by Gasteiger charge is 2.30. The molecule has 1 aliphatic heterocycles. The van der Waals surface area contributed by atoms with Crippen LogP contribution in [0.15, 0.2) is 60.7 Å². The molecule has 0 aliphatic carbocycles. The molecule has 1 heterocycles. The molecule has 4 rings (SSSR count). The van der Waals surface area contributed by atoms with Gasteiger partial charge in [-0.25, -0.2) is 0 Å². The fourth-order valence-electron chi connectivity index (χ4n) is 4.34. The molecule has 0 unspecified atom stereocenters. The van der Waals surface area contributed by atoms with Crippen molar-refractivity contribution in [2.75, 3.05) is 0 Å². The standard InChI is InChI=1S/C29H30N2O6/c32-24(30-17-19-7-3-1-4-8-19)14-11-21-27(35)22(29-23(28(21)36)13-16-26(34)37-29)12-15-25(33)31-18-20-9-5-2-6-10-20/h1-10,35-36H,11-18H2,(H,30,32)(H,31,33). The average molecular weight is 503 g/mol. The van der Waals surface area contributed by atoms with E-state index < -0.39 is 5.97 Å². The first-order chi connectivity index (χ1) is 17.9. The fourth-order valence-corrected chi connectivity index (χ4v) is 4.34. The van der Waals surface area contributed by atoms with Crippen LogP contribution in [0.4, 0.5) is 0 Å². The average Bonchev–Trinajstić information content (AvgIpc) is 2.91. The number of hydrogen-bond donors (Lipinski definition) is 4. The molecule has 4 N–H and O–H groups in total. The van der Waals surface area contributed by atoms with Gasteiger partial charge in [0.15, 0.2) is 0 Å². The van der Waals surface area contributed by atoms with Crippen molar-refractivity contribution in [3.05, 3.63) is 88.5 Å². The van der Waals surface area contributed by atoms with E-state index in [4.69, 9.17) is 4.74 Å². The summed E-state index contributed by atoms with van der Waals surface area (Å²) in [6, 6.07) is 19.0. The van der Waals surface area contributed by atoms with Crippen molar-refractivity contribution in [1.29, 1.82) is 0 Å². The van der Waals surface area contributed by atoms with Gasteiger partial charge in [0.2, 0.25) is 11.8 Å². The first-order valence-electron chi connectivity index (χ1n) is 12.3. The van der Waals surface area contributed by atoms with Crippen LogP contribution in [0.25, 0.3) is 0 Å². The Kier molecular flexibility index (Phi) is 8.40. The minimum Gasteiger partial charge on any atom is -0.507 e. The van der Waals surface area contributed by atoms with Crippen LogP contribution >= 0.6 is 0 Å². The molecule has 0 atom stereocenters. The molecular weight excluding hydrogens is 472 g/mol. The van der Waals surface area contributed by atoms with Gasteiger partial charge >= 0.3 is 5.97 Å². The molecule has 1 aliphatic rings. The summed E-state index contributed by atoms with van der Waals surface area (Å²) in [4.78, 5) is 36.9. The van der Waals surface area contributed by atoms with Crippen LogP contribution in [0, 0.1) is 0 Å². The maximum Gasteiger partial charge on any atom is 0.311 e. The van der Waals surface area contributed by atoms with Crippen molar-refractivity contribution in [1.82, 2.24) is 10.6 Å². The number of carbonyl (C=O) groups is 3.